The molecule has 1 atom stereocenters. The molecule has 1 unspecified atom stereocenters. The van der Waals surface area contributed by atoms with E-state index in [0.29, 0.717) is 22.4 Å². The van der Waals surface area contributed by atoms with Gasteiger partial charge in [0.2, 0.25) is 11.8 Å². The first kappa shape index (κ1) is 21.2. The van der Waals surface area contributed by atoms with Crippen molar-refractivity contribution in [2.45, 2.75) is 25.4 Å². The van der Waals surface area contributed by atoms with Crippen LogP contribution in [0.4, 0.5) is 19.3 Å². The number of nitrogens with zero attached hydrogens (tertiary/aromatic N) is 1. The van der Waals surface area contributed by atoms with Crippen LogP contribution in [0, 0.1) is 11.6 Å². The number of fused-ring (bicyclic) bond motifs is 1. The zero-order chi connectivity index (χ0) is 22.8. The van der Waals surface area contributed by atoms with Crippen LogP contribution in [0.3, 0.4) is 0 Å². The van der Waals surface area contributed by atoms with Crippen LogP contribution in [0.5, 0.6) is 0 Å². The molecule has 8 nitrogen and oxygen atoms in total. The molecule has 2 aromatic carbocycles. The third-order valence-electron chi connectivity index (χ3n) is 5.12. The lowest BCUT2D eigenvalue weighted by Crippen LogP contribution is -2.44. The summed E-state index contributed by atoms with van der Waals surface area (Å²) in [6.07, 6.45) is 1.90. The molecule has 3 N–H and O–H groups in total. The highest BCUT2D eigenvalue weighted by Gasteiger charge is 2.28. The summed E-state index contributed by atoms with van der Waals surface area (Å²) < 4.78 is 27.8. The molecule has 1 fully saturated rings. The smallest absolute Gasteiger partial charge is 0.319 e. The van der Waals surface area contributed by atoms with Gasteiger partial charge in [0.25, 0.3) is 5.56 Å². The highest BCUT2D eigenvalue weighted by atomic mass is 19.1. The maximum absolute atomic E-state index is 13.2. The average molecular weight is 440 g/mol. The first-order chi connectivity index (χ1) is 15.3. The van der Waals surface area contributed by atoms with E-state index < -0.39 is 35.2 Å². The number of halogens is 2. The van der Waals surface area contributed by atoms with Gasteiger partial charge < -0.3 is 15.2 Å². The number of aromatic nitrogens is 1. The van der Waals surface area contributed by atoms with E-state index in [2.05, 4.69) is 16.0 Å². The predicted molar refractivity (Wildman–Crippen MR) is 112 cm³/mol. The largest absolute Gasteiger partial charge is 0.334 e. The zero-order valence-corrected chi connectivity index (χ0v) is 16.7. The third-order valence-corrected chi connectivity index (χ3v) is 5.12. The lowest BCUT2D eigenvalue weighted by atomic mass is 10.0. The van der Waals surface area contributed by atoms with E-state index in [9.17, 15) is 28.0 Å². The Balaban J connectivity index is 1.50. The number of nitrogens with one attached hydrogen (secondary N) is 3. The Morgan fingerprint density at radius 2 is 1.81 bits per heavy atom. The number of imide groups is 1. The number of carbonyl (C=O) groups is 3. The summed E-state index contributed by atoms with van der Waals surface area (Å²) in [4.78, 5) is 48.5. The molecule has 1 aliphatic heterocycles. The van der Waals surface area contributed by atoms with Crippen LogP contribution in [0.25, 0.3) is 10.8 Å². The fourth-order valence-electron chi connectivity index (χ4n) is 3.59. The van der Waals surface area contributed by atoms with E-state index >= 15 is 0 Å². The fraction of sp³-hybridized carbons (Fsp3) is 0.182. The number of hydrogen-bond donors (Lipinski definition) is 3. The summed E-state index contributed by atoms with van der Waals surface area (Å²) in [5, 5.41) is 8.13. The first-order valence-electron chi connectivity index (χ1n) is 9.78. The van der Waals surface area contributed by atoms with Gasteiger partial charge >= 0.3 is 6.03 Å². The van der Waals surface area contributed by atoms with Crippen LogP contribution in [0.1, 0.15) is 24.4 Å². The number of carbonyl (C=O) groups excluding carboxylic acids is 3. The molecule has 0 spiro atoms. The number of piperidine rings is 1. The molecule has 32 heavy (non-hydrogen) atoms. The van der Waals surface area contributed by atoms with Gasteiger partial charge in [-0.3, -0.25) is 19.7 Å². The molecule has 164 valence electrons. The van der Waals surface area contributed by atoms with Gasteiger partial charge in [-0.25, -0.2) is 13.6 Å². The van der Waals surface area contributed by atoms with Gasteiger partial charge in [0.15, 0.2) is 0 Å². The molecule has 4 amide bonds. The second-order valence-corrected chi connectivity index (χ2v) is 7.38. The SMILES string of the molecule is O=C1CCC(n2ccc3ccc(CNC(=O)Nc4cc(F)cc(F)c4)cc3c2=O)C(=O)N1. The second-order valence-electron chi connectivity index (χ2n) is 7.38. The number of urea groups is 1. The maximum Gasteiger partial charge on any atom is 0.319 e. The monoisotopic (exact) mass is 440 g/mol. The number of rotatable bonds is 4. The number of hydrogen-bond acceptors (Lipinski definition) is 4. The van der Waals surface area contributed by atoms with Gasteiger partial charge in [-0.2, -0.15) is 0 Å². The maximum atomic E-state index is 13.2. The van der Waals surface area contributed by atoms with Crippen LogP contribution in [-0.2, 0) is 16.1 Å². The van der Waals surface area contributed by atoms with Gasteiger partial charge in [0.05, 0.1) is 0 Å². The van der Waals surface area contributed by atoms with Crippen molar-refractivity contribution in [1.29, 1.82) is 0 Å². The zero-order valence-electron chi connectivity index (χ0n) is 16.7. The quantitative estimate of drug-likeness (QED) is 0.542. The summed E-state index contributed by atoms with van der Waals surface area (Å²) in [5.74, 6) is -2.53. The summed E-state index contributed by atoms with van der Waals surface area (Å²) in [6, 6.07) is 7.94. The molecule has 1 saturated heterocycles. The summed E-state index contributed by atoms with van der Waals surface area (Å²) in [5.41, 5.74) is 0.181. The summed E-state index contributed by atoms with van der Waals surface area (Å²) in [6.45, 7) is 0.0479. The molecule has 1 aromatic heterocycles. The van der Waals surface area contributed by atoms with E-state index in [4.69, 9.17) is 0 Å². The van der Waals surface area contributed by atoms with Crippen molar-refractivity contribution in [3.63, 3.8) is 0 Å². The molecule has 1 aliphatic rings. The van der Waals surface area contributed by atoms with E-state index in [-0.39, 0.29) is 31.0 Å². The molecule has 0 aliphatic carbocycles. The Bertz CT molecular complexity index is 1280. The number of amides is 4. The summed E-state index contributed by atoms with van der Waals surface area (Å²) in [7, 11) is 0. The highest BCUT2D eigenvalue weighted by Crippen LogP contribution is 2.19. The van der Waals surface area contributed by atoms with Crippen molar-refractivity contribution in [3.8, 4) is 0 Å². The average Bonchev–Trinajstić information content (AvgIpc) is 2.73. The molecule has 3 aromatic rings. The Morgan fingerprint density at radius 1 is 1.06 bits per heavy atom. The first-order valence-corrected chi connectivity index (χ1v) is 9.78. The van der Waals surface area contributed by atoms with Gasteiger partial charge in [0.1, 0.15) is 17.7 Å². The molecule has 10 heteroatoms. The highest BCUT2D eigenvalue weighted by molar-refractivity contribution is 5.99. The topological polar surface area (TPSA) is 109 Å². The van der Waals surface area contributed by atoms with Crippen molar-refractivity contribution in [2.24, 2.45) is 0 Å². The minimum atomic E-state index is -0.817. The fourth-order valence-corrected chi connectivity index (χ4v) is 3.59. The van der Waals surface area contributed by atoms with Gasteiger partial charge in [-0.1, -0.05) is 12.1 Å². The second kappa shape index (κ2) is 8.58. The standard InChI is InChI=1S/C22H18F2N4O4/c23-14-8-15(24)10-16(9-14)26-22(32)25-11-12-1-2-13-5-6-28(21(31)17(13)7-12)18-3-4-19(29)27-20(18)30/h1-2,5-10,18H,3-4,11H2,(H2,25,26,32)(H,27,29,30). The Kier molecular flexibility index (Phi) is 5.67. The minimum absolute atomic E-state index is 0.0364. The van der Waals surface area contributed by atoms with E-state index in [0.717, 1.165) is 12.1 Å². The van der Waals surface area contributed by atoms with Crippen molar-refractivity contribution in [1.82, 2.24) is 15.2 Å². The Hall–Kier alpha value is -4.08. The minimum Gasteiger partial charge on any atom is -0.334 e. The molecule has 2 heterocycles. The molecule has 0 bridgehead atoms. The van der Waals surface area contributed by atoms with Crippen molar-refractivity contribution in [3.05, 3.63) is 76.2 Å². The molecular formula is C22H18F2N4O4. The van der Waals surface area contributed by atoms with Gasteiger partial charge in [-0.05, 0) is 41.6 Å². The molecule has 0 radical (unpaired) electrons. The van der Waals surface area contributed by atoms with Crippen LogP contribution < -0.4 is 21.5 Å². The van der Waals surface area contributed by atoms with Crippen molar-refractivity contribution in [2.75, 3.05) is 5.32 Å². The van der Waals surface area contributed by atoms with Gasteiger partial charge in [0, 0.05) is 36.3 Å². The van der Waals surface area contributed by atoms with E-state index in [1.807, 2.05) is 0 Å². The van der Waals surface area contributed by atoms with Crippen molar-refractivity contribution >= 4 is 34.3 Å². The number of anilines is 1. The third kappa shape index (κ3) is 4.48. The number of benzene rings is 2. The Morgan fingerprint density at radius 3 is 2.53 bits per heavy atom. The molecule has 0 saturated carbocycles. The summed E-state index contributed by atoms with van der Waals surface area (Å²) >= 11 is 0. The van der Waals surface area contributed by atoms with E-state index in [1.54, 1.807) is 24.3 Å². The lowest BCUT2D eigenvalue weighted by Gasteiger charge is -2.23. The Labute approximate surface area is 180 Å². The number of pyridine rings is 1. The molecule has 4 rings (SSSR count). The van der Waals surface area contributed by atoms with Crippen LogP contribution >= 0.6 is 0 Å². The van der Waals surface area contributed by atoms with Crippen LogP contribution in [0.2, 0.25) is 0 Å². The van der Waals surface area contributed by atoms with Gasteiger partial charge in [-0.15, -0.1) is 0 Å². The van der Waals surface area contributed by atoms with E-state index in [1.165, 1.54) is 10.8 Å². The van der Waals surface area contributed by atoms with Crippen molar-refractivity contribution < 1.29 is 23.2 Å². The predicted octanol–water partition coefficient (Wildman–Crippen LogP) is 2.58. The molecular weight excluding hydrogens is 422 g/mol. The van der Waals surface area contributed by atoms with Crippen LogP contribution in [-0.4, -0.2) is 22.4 Å². The normalized spacial score (nSPS) is 16.0. The lowest BCUT2D eigenvalue weighted by molar-refractivity contribution is -0.135. The van der Waals surface area contributed by atoms with Crippen LogP contribution in [0.15, 0.2) is 53.5 Å².